The Labute approximate surface area is 111 Å². The number of benzene rings is 1. The van der Waals surface area contributed by atoms with Crippen molar-refractivity contribution in [2.45, 2.75) is 45.6 Å². The van der Waals surface area contributed by atoms with Gasteiger partial charge in [-0.05, 0) is 48.9 Å². The van der Waals surface area contributed by atoms with E-state index < -0.39 is 0 Å². The summed E-state index contributed by atoms with van der Waals surface area (Å²) >= 11 is 0. The summed E-state index contributed by atoms with van der Waals surface area (Å²) in [6.07, 6.45) is 5.37. The number of rotatable bonds is 4. The predicted octanol–water partition coefficient (Wildman–Crippen LogP) is 4.32. The first-order chi connectivity index (χ1) is 8.69. The number of methoxy groups -OCH3 is 1. The summed E-state index contributed by atoms with van der Waals surface area (Å²) in [7, 11) is 1.71. The number of hydrogen-bond donors (Lipinski definition) is 1. The van der Waals surface area contributed by atoms with Gasteiger partial charge in [0.1, 0.15) is 5.75 Å². The average molecular weight is 247 g/mol. The van der Waals surface area contributed by atoms with Crippen molar-refractivity contribution in [3.05, 3.63) is 24.3 Å². The van der Waals surface area contributed by atoms with Gasteiger partial charge in [-0.3, -0.25) is 0 Å². The highest BCUT2D eigenvalue weighted by atomic mass is 16.5. The third-order valence-electron chi connectivity index (χ3n) is 4.12. The smallest absolute Gasteiger partial charge is 0.119 e. The summed E-state index contributed by atoms with van der Waals surface area (Å²) in [6.45, 7) is 4.70. The number of nitrogens with one attached hydrogen (secondary N) is 1. The van der Waals surface area contributed by atoms with E-state index in [0.717, 1.165) is 17.6 Å². The number of anilines is 1. The SMILES string of the molecule is COc1ccc(NC2CCCC(C(C)C)C2)cc1. The average Bonchev–Trinajstić information content (AvgIpc) is 2.40. The van der Waals surface area contributed by atoms with Crippen molar-refractivity contribution in [3.63, 3.8) is 0 Å². The van der Waals surface area contributed by atoms with Crippen molar-refractivity contribution in [2.24, 2.45) is 11.8 Å². The summed E-state index contributed by atoms with van der Waals surface area (Å²) in [5, 5.41) is 3.66. The van der Waals surface area contributed by atoms with Crippen LogP contribution in [0.1, 0.15) is 39.5 Å². The van der Waals surface area contributed by atoms with Crippen LogP contribution in [0.15, 0.2) is 24.3 Å². The Morgan fingerprint density at radius 3 is 2.50 bits per heavy atom. The maximum atomic E-state index is 5.18. The second-order valence-corrected chi connectivity index (χ2v) is 5.74. The molecule has 0 aliphatic heterocycles. The van der Waals surface area contributed by atoms with Crippen LogP contribution in [-0.4, -0.2) is 13.2 Å². The molecule has 2 atom stereocenters. The molecule has 18 heavy (non-hydrogen) atoms. The van der Waals surface area contributed by atoms with Gasteiger partial charge in [0.2, 0.25) is 0 Å². The van der Waals surface area contributed by atoms with Crippen molar-refractivity contribution in [1.29, 1.82) is 0 Å². The molecule has 2 heteroatoms. The van der Waals surface area contributed by atoms with Crippen molar-refractivity contribution in [3.8, 4) is 5.75 Å². The molecule has 0 bridgehead atoms. The van der Waals surface area contributed by atoms with Gasteiger partial charge >= 0.3 is 0 Å². The molecule has 2 rings (SSSR count). The second kappa shape index (κ2) is 6.12. The minimum atomic E-state index is 0.638. The molecule has 1 fully saturated rings. The lowest BCUT2D eigenvalue weighted by atomic mass is 9.79. The fourth-order valence-electron chi connectivity index (χ4n) is 2.89. The first kappa shape index (κ1) is 13.3. The van der Waals surface area contributed by atoms with E-state index in [9.17, 15) is 0 Å². The van der Waals surface area contributed by atoms with Gasteiger partial charge < -0.3 is 10.1 Å². The highest BCUT2D eigenvalue weighted by Gasteiger charge is 2.23. The Morgan fingerprint density at radius 2 is 1.89 bits per heavy atom. The lowest BCUT2D eigenvalue weighted by molar-refractivity contribution is 0.264. The molecule has 1 aromatic rings. The van der Waals surface area contributed by atoms with Gasteiger partial charge in [0.15, 0.2) is 0 Å². The molecule has 0 aromatic heterocycles. The lowest BCUT2D eigenvalue weighted by Gasteiger charge is -2.32. The standard InChI is InChI=1S/C16H25NO/c1-12(2)13-5-4-6-15(11-13)17-14-7-9-16(18-3)10-8-14/h7-10,12-13,15,17H,4-6,11H2,1-3H3. The zero-order chi connectivity index (χ0) is 13.0. The van der Waals surface area contributed by atoms with E-state index in [0.29, 0.717) is 6.04 Å². The van der Waals surface area contributed by atoms with Gasteiger partial charge in [-0.25, -0.2) is 0 Å². The monoisotopic (exact) mass is 247 g/mol. The molecule has 1 aliphatic rings. The van der Waals surface area contributed by atoms with Crippen LogP contribution in [-0.2, 0) is 0 Å². The largest absolute Gasteiger partial charge is 0.497 e. The minimum absolute atomic E-state index is 0.638. The maximum absolute atomic E-state index is 5.18. The van der Waals surface area contributed by atoms with Crippen LogP contribution in [0.5, 0.6) is 5.75 Å². The highest BCUT2D eigenvalue weighted by molar-refractivity contribution is 5.47. The minimum Gasteiger partial charge on any atom is -0.497 e. The Balaban J connectivity index is 1.91. The van der Waals surface area contributed by atoms with Crippen LogP contribution in [0.4, 0.5) is 5.69 Å². The third kappa shape index (κ3) is 3.41. The van der Waals surface area contributed by atoms with Crippen LogP contribution in [0.25, 0.3) is 0 Å². The molecule has 0 spiro atoms. The first-order valence-corrected chi connectivity index (χ1v) is 7.09. The molecule has 1 N–H and O–H groups in total. The molecular weight excluding hydrogens is 222 g/mol. The summed E-state index contributed by atoms with van der Waals surface area (Å²) < 4.78 is 5.18. The van der Waals surface area contributed by atoms with Gasteiger partial charge in [0, 0.05) is 11.7 Å². The van der Waals surface area contributed by atoms with Crippen LogP contribution in [0.3, 0.4) is 0 Å². The van der Waals surface area contributed by atoms with Crippen molar-refractivity contribution < 1.29 is 4.74 Å². The Hall–Kier alpha value is -1.18. The van der Waals surface area contributed by atoms with E-state index in [1.807, 2.05) is 12.1 Å². The van der Waals surface area contributed by atoms with Gasteiger partial charge in [-0.15, -0.1) is 0 Å². The Morgan fingerprint density at radius 1 is 1.17 bits per heavy atom. The van der Waals surface area contributed by atoms with Gasteiger partial charge in [0.25, 0.3) is 0 Å². The summed E-state index contributed by atoms with van der Waals surface area (Å²) in [4.78, 5) is 0. The van der Waals surface area contributed by atoms with Crippen molar-refractivity contribution >= 4 is 5.69 Å². The van der Waals surface area contributed by atoms with E-state index in [-0.39, 0.29) is 0 Å². The molecule has 0 amide bonds. The fraction of sp³-hybridized carbons (Fsp3) is 0.625. The van der Waals surface area contributed by atoms with Gasteiger partial charge in [-0.1, -0.05) is 26.7 Å². The van der Waals surface area contributed by atoms with E-state index in [1.165, 1.54) is 31.4 Å². The van der Waals surface area contributed by atoms with Crippen LogP contribution in [0.2, 0.25) is 0 Å². The van der Waals surface area contributed by atoms with Crippen LogP contribution in [0, 0.1) is 11.8 Å². The molecule has 0 radical (unpaired) electrons. The molecular formula is C16H25NO. The summed E-state index contributed by atoms with van der Waals surface area (Å²) in [5.74, 6) is 2.62. The van der Waals surface area contributed by atoms with Gasteiger partial charge in [-0.2, -0.15) is 0 Å². The zero-order valence-electron chi connectivity index (χ0n) is 11.8. The zero-order valence-corrected chi connectivity index (χ0v) is 11.8. The molecule has 2 nitrogen and oxygen atoms in total. The predicted molar refractivity (Wildman–Crippen MR) is 77.2 cm³/mol. The van der Waals surface area contributed by atoms with E-state index in [1.54, 1.807) is 7.11 Å². The van der Waals surface area contributed by atoms with Crippen LogP contribution >= 0.6 is 0 Å². The van der Waals surface area contributed by atoms with Crippen molar-refractivity contribution in [1.82, 2.24) is 0 Å². The quantitative estimate of drug-likeness (QED) is 0.855. The van der Waals surface area contributed by atoms with E-state index in [2.05, 4.69) is 31.3 Å². The van der Waals surface area contributed by atoms with E-state index in [4.69, 9.17) is 4.74 Å². The highest BCUT2D eigenvalue weighted by Crippen LogP contribution is 2.31. The maximum Gasteiger partial charge on any atom is 0.119 e. The lowest BCUT2D eigenvalue weighted by Crippen LogP contribution is -2.29. The molecule has 1 aliphatic carbocycles. The normalized spacial score (nSPS) is 24.0. The summed E-state index contributed by atoms with van der Waals surface area (Å²) in [5.41, 5.74) is 1.21. The molecule has 0 saturated heterocycles. The Kier molecular flexibility index (Phi) is 4.51. The third-order valence-corrected chi connectivity index (χ3v) is 4.12. The Bertz CT molecular complexity index is 358. The second-order valence-electron chi connectivity index (χ2n) is 5.74. The van der Waals surface area contributed by atoms with Crippen molar-refractivity contribution in [2.75, 3.05) is 12.4 Å². The topological polar surface area (TPSA) is 21.3 Å². The fourth-order valence-corrected chi connectivity index (χ4v) is 2.89. The molecule has 1 saturated carbocycles. The number of hydrogen-bond acceptors (Lipinski definition) is 2. The molecule has 2 unspecified atom stereocenters. The first-order valence-electron chi connectivity index (χ1n) is 7.09. The van der Waals surface area contributed by atoms with E-state index >= 15 is 0 Å². The van der Waals surface area contributed by atoms with Gasteiger partial charge in [0.05, 0.1) is 7.11 Å². The summed E-state index contributed by atoms with van der Waals surface area (Å²) in [6, 6.07) is 8.89. The van der Waals surface area contributed by atoms with Crippen LogP contribution < -0.4 is 10.1 Å². The molecule has 1 aromatic carbocycles. The molecule has 0 heterocycles. The molecule has 100 valence electrons. The number of ether oxygens (including phenoxy) is 1.